The molecular weight excluding hydrogens is 258 g/mol. The molecule has 0 aliphatic carbocycles. The van der Waals surface area contributed by atoms with Crippen LogP contribution in [0.1, 0.15) is 19.8 Å². The van der Waals surface area contributed by atoms with Crippen LogP contribution in [0.4, 0.5) is 17.8 Å². The number of anilines is 3. The first-order chi connectivity index (χ1) is 9.69. The van der Waals surface area contributed by atoms with Crippen LogP contribution in [0.25, 0.3) is 0 Å². The molecule has 0 aromatic carbocycles. The van der Waals surface area contributed by atoms with Crippen molar-refractivity contribution in [1.82, 2.24) is 20.3 Å². The van der Waals surface area contributed by atoms with Crippen LogP contribution in [0.15, 0.2) is 0 Å². The first kappa shape index (κ1) is 14.3. The van der Waals surface area contributed by atoms with Crippen LogP contribution in [0.3, 0.4) is 0 Å². The summed E-state index contributed by atoms with van der Waals surface area (Å²) < 4.78 is 0. The zero-order valence-corrected chi connectivity index (χ0v) is 11.9. The van der Waals surface area contributed by atoms with Gasteiger partial charge >= 0.3 is 0 Å². The Balaban J connectivity index is 1.99. The van der Waals surface area contributed by atoms with E-state index >= 15 is 0 Å². The van der Waals surface area contributed by atoms with Crippen molar-refractivity contribution in [2.45, 2.75) is 19.8 Å². The van der Waals surface area contributed by atoms with Crippen LogP contribution in [-0.2, 0) is 4.79 Å². The second-order valence-corrected chi connectivity index (χ2v) is 4.64. The van der Waals surface area contributed by atoms with Gasteiger partial charge in [-0.05, 0) is 12.8 Å². The summed E-state index contributed by atoms with van der Waals surface area (Å²) in [6.07, 6.45) is 2.34. The lowest BCUT2D eigenvalue weighted by Gasteiger charge is -2.16. The fourth-order valence-electron chi connectivity index (χ4n) is 2.03. The van der Waals surface area contributed by atoms with Crippen LogP contribution in [-0.4, -0.2) is 54.1 Å². The Morgan fingerprint density at radius 1 is 1.15 bits per heavy atom. The second kappa shape index (κ2) is 6.88. The molecule has 110 valence electrons. The fourth-order valence-corrected chi connectivity index (χ4v) is 2.03. The molecule has 1 aliphatic rings. The molecule has 2 rings (SSSR count). The molecular formula is C12H21N7O. The van der Waals surface area contributed by atoms with Crippen molar-refractivity contribution in [2.75, 3.05) is 48.8 Å². The van der Waals surface area contributed by atoms with Gasteiger partial charge in [0.25, 0.3) is 0 Å². The van der Waals surface area contributed by atoms with E-state index in [-0.39, 0.29) is 5.91 Å². The lowest BCUT2D eigenvalue weighted by atomic mass is 10.4. The van der Waals surface area contributed by atoms with Gasteiger partial charge in [0, 0.05) is 40.2 Å². The maximum absolute atomic E-state index is 10.8. The summed E-state index contributed by atoms with van der Waals surface area (Å²) in [4.78, 5) is 26.0. The first-order valence-electron chi connectivity index (χ1n) is 6.86. The molecule has 0 radical (unpaired) electrons. The highest BCUT2D eigenvalue weighted by Crippen LogP contribution is 2.18. The van der Waals surface area contributed by atoms with Gasteiger partial charge in [-0.3, -0.25) is 4.79 Å². The molecule has 1 aromatic rings. The van der Waals surface area contributed by atoms with E-state index in [1.807, 2.05) is 0 Å². The summed E-state index contributed by atoms with van der Waals surface area (Å²) in [7, 11) is 1.78. The average Bonchev–Trinajstić information content (AvgIpc) is 2.97. The topological polar surface area (TPSA) is 95.1 Å². The quantitative estimate of drug-likeness (QED) is 0.634. The molecule has 0 unspecified atom stereocenters. The van der Waals surface area contributed by atoms with Crippen molar-refractivity contribution in [1.29, 1.82) is 0 Å². The van der Waals surface area contributed by atoms with Crippen molar-refractivity contribution in [3.8, 4) is 0 Å². The third-order valence-corrected chi connectivity index (χ3v) is 3.02. The molecule has 0 spiro atoms. The van der Waals surface area contributed by atoms with Crippen LogP contribution in [0.2, 0.25) is 0 Å². The van der Waals surface area contributed by atoms with Crippen molar-refractivity contribution >= 4 is 23.8 Å². The van der Waals surface area contributed by atoms with Gasteiger partial charge in [-0.25, -0.2) is 0 Å². The molecule has 1 amide bonds. The predicted octanol–water partition coefficient (Wildman–Crippen LogP) is 0.0615. The molecule has 8 nitrogen and oxygen atoms in total. The minimum Gasteiger partial charge on any atom is -0.357 e. The zero-order chi connectivity index (χ0) is 14.4. The number of hydrogen-bond donors (Lipinski definition) is 3. The van der Waals surface area contributed by atoms with Gasteiger partial charge in [0.05, 0.1) is 0 Å². The molecule has 0 bridgehead atoms. The number of carbonyl (C=O) groups is 1. The summed E-state index contributed by atoms with van der Waals surface area (Å²) in [5.74, 6) is 1.72. The molecule has 1 aliphatic heterocycles. The average molecular weight is 279 g/mol. The van der Waals surface area contributed by atoms with E-state index in [2.05, 4.69) is 35.8 Å². The van der Waals surface area contributed by atoms with E-state index in [1.54, 1.807) is 7.05 Å². The van der Waals surface area contributed by atoms with Crippen LogP contribution in [0.5, 0.6) is 0 Å². The van der Waals surface area contributed by atoms with Crippen LogP contribution < -0.4 is 20.9 Å². The Kier molecular flexibility index (Phi) is 4.91. The Bertz CT molecular complexity index is 459. The number of nitrogens with zero attached hydrogens (tertiary/aromatic N) is 4. The molecule has 0 saturated carbocycles. The van der Waals surface area contributed by atoms with Crippen LogP contribution in [0, 0.1) is 0 Å². The smallest absolute Gasteiger partial charge is 0.231 e. The monoisotopic (exact) mass is 279 g/mol. The number of hydrogen-bond acceptors (Lipinski definition) is 7. The fraction of sp³-hybridized carbons (Fsp3) is 0.667. The highest BCUT2D eigenvalue weighted by molar-refractivity contribution is 5.72. The van der Waals surface area contributed by atoms with Crippen molar-refractivity contribution < 1.29 is 4.79 Å². The molecule has 8 heteroatoms. The summed E-state index contributed by atoms with van der Waals surface area (Å²) in [5, 5.41) is 8.75. The maximum Gasteiger partial charge on any atom is 0.231 e. The van der Waals surface area contributed by atoms with Gasteiger partial charge in [0.1, 0.15) is 0 Å². The Hall–Kier alpha value is -2.12. The lowest BCUT2D eigenvalue weighted by Crippen LogP contribution is -2.27. The van der Waals surface area contributed by atoms with Gasteiger partial charge in [-0.1, -0.05) is 0 Å². The Labute approximate surface area is 118 Å². The molecule has 0 atom stereocenters. The summed E-state index contributed by atoms with van der Waals surface area (Å²) in [6, 6.07) is 0. The molecule has 20 heavy (non-hydrogen) atoms. The number of amides is 1. The summed E-state index contributed by atoms with van der Waals surface area (Å²) in [5.41, 5.74) is 0. The van der Waals surface area contributed by atoms with E-state index in [4.69, 9.17) is 0 Å². The summed E-state index contributed by atoms with van der Waals surface area (Å²) in [6.45, 7) is 4.58. The highest BCUT2D eigenvalue weighted by Gasteiger charge is 2.16. The van der Waals surface area contributed by atoms with Gasteiger partial charge in [0.2, 0.25) is 23.8 Å². The number of nitrogens with one attached hydrogen (secondary N) is 3. The van der Waals surface area contributed by atoms with Crippen molar-refractivity contribution in [3.63, 3.8) is 0 Å². The third kappa shape index (κ3) is 3.94. The standard InChI is InChI=1S/C12H21N7O/c1-9(20)14-5-6-15-11-16-10(13-2)17-12(18-11)19-7-3-4-8-19/h3-8H2,1-2H3,(H,14,20)(H2,13,15,16,17,18). The predicted molar refractivity (Wildman–Crippen MR) is 78.0 cm³/mol. The SMILES string of the molecule is CNc1nc(NCCNC(C)=O)nc(N2CCCC2)n1. The lowest BCUT2D eigenvalue weighted by molar-refractivity contribution is -0.118. The maximum atomic E-state index is 10.8. The molecule has 1 fully saturated rings. The Morgan fingerprint density at radius 3 is 2.50 bits per heavy atom. The minimum atomic E-state index is -0.0453. The van der Waals surface area contributed by atoms with E-state index in [0.717, 1.165) is 13.1 Å². The normalized spacial score (nSPS) is 14.2. The van der Waals surface area contributed by atoms with Gasteiger partial charge in [0.15, 0.2) is 0 Å². The van der Waals surface area contributed by atoms with E-state index in [1.165, 1.54) is 19.8 Å². The van der Waals surface area contributed by atoms with Gasteiger partial charge in [-0.2, -0.15) is 15.0 Å². The minimum absolute atomic E-state index is 0.0453. The van der Waals surface area contributed by atoms with Gasteiger partial charge in [-0.15, -0.1) is 0 Å². The first-order valence-corrected chi connectivity index (χ1v) is 6.86. The second-order valence-electron chi connectivity index (χ2n) is 4.64. The van der Waals surface area contributed by atoms with Crippen LogP contribution >= 0.6 is 0 Å². The van der Waals surface area contributed by atoms with Crippen molar-refractivity contribution in [2.24, 2.45) is 0 Å². The van der Waals surface area contributed by atoms with E-state index in [0.29, 0.717) is 30.9 Å². The molecule has 1 aromatic heterocycles. The van der Waals surface area contributed by atoms with E-state index in [9.17, 15) is 4.79 Å². The zero-order valence-electron chi connectivity index (χ0n) is 11.9. The van der Waals surface area contributed by atoms with Gasteiger partial charge < -0.3 is 20.9 Å². The molecule has 3 N–H and O–H groups in total. The van der Waals surface area contributed by atoms with E-state index < -0.39 is 0 Å². The number of aromatic nitrogens is 3. The highest BCUT2D eigenvalue weighted by atomic mass is 16.1. The molecule has 1 saturated heterocycles. The third-order valence-electron chi connectivity index (χ3n) is 3.02. The number of rotatable bonds is 6. The molecule has 2 heterocycles. The summed E-state index contributed by atoms with van der Waals surface area (Å²) >= 11 is 0. The Morgan fingerprint density at radius 2 is 1.85 bits per heavy atom. The van der Waals surface area contributed by atoms with Crippen molar-refractivity contribution in [3.05, 3.63) is 0 Å². The largest absolute Gasteiger partial charge is 0.357 e. The number of carbonyl (C=O) groups excluding carboxylic acids is 1.